The minimum Gasteiger partial charge on any atom is -0.388 e. The van der Waals surface area contributed by atoms with Crippen molar-refractivity contribution < 1.29 is 0 Å². The normalized spacial score (nSPS) is 14.9. The van der Waals surface area contributed by atoms with Crippen LogP contribution in [0.3, 0.4) is 0 Å². The number of benzene rings is 2. The largest absolute Gasteiger partial charge is 0.388 e. The third-order valence-electron chi connectivity index (χ3n) is 7.57. The first-order valence-corrected chi connectivity index (χ1v) is 13.8. The standard InChI is InChI=1S/C32H33N9/c1-34-18-26-20-41(22-36-26)27-12-15-40(16-13-27)19-23-7-9-25(10-8-23)31-28(24-5-3-2-4-6-24)17-29-30(38-31)11-14-35-32(29)39-37-21-33/h2-11,14,17-18,20-22,27H,12-13,15-16,19H2,1H3,(H2,33,37)(H,35,39). The maximum absolute atomic E-state index is 5.45. The minimum atomic E-state index is 0.489. The zero-order chi connectivity index (χ0) is 28.0. The molecule has 1 aliphatic rings. The number of likely N-dealkylation sites (tertiary alicyclic amines) is 1. The molecule has 0 unspecified atom stereocenters. The van der Waals surface area contributed by atoms with Crippen molar-refractivity contribution in [3.8, 4) is 22.4 Å². The van der Waals surface area contributed by atoms with E-state index in [0.29, 0.717) is 11.9 Å². The molecule has 206 valence electrons. The number of nitrogens with one attached hydrogen (secondary N) is 1. The maximum atomic E-state index is 5.45. The van der Waals surface area contributed by atoms with E-state index < -0.39 is 0 Å². The van der Waals surface area contributed by atoms with Crippen LogP contribution in [0, 0.1) is 0 Å². The lowest BCUT2D eigenvalue weighted by atomic mass is 9.97. The molecular formula is C32H33N9. The van der Waals surface area contributed by atoms with Crippen LogP contribution >= 0.6 is 0 Å². The highest BCUT2D eigenvalue weighted by Gasteiger charge is 2.21. The fraction of sp³-hybridized carbons (Fsp3) is 0.219. The van der Waals surface area contributed by atoms with Crippen LogP contribution in [0.25, 0.3) is 33.3 Å². The number of piperidine rings is 1. The quantitative estimate of drug-likeness (QED) is 0.155. The molecule has 0 aliphatic carbocycles. The lowest BCUT2D eigenvalue weighted by Gasteiger charge is -2.32. The van der Waals surface area contributed by atoms with Crippen molar-refractivity contribution in [1.29, 1.82) is 0 Å². The number of anilines is 1. The molecule has 41 heavy (non-hydrogen) atoms. The van der Waals surface area contributed by atoms with Gasteiger partial charge in [0.05, 0.1) is 23.2 Å². The van der Waals surface area contributed by atoms with Gasteiger partial charge in [-0.05, 0) is 36.1 Å². The van der Waals surface area contributed by atoms with Crippen molar-refractivity contribution in [2.45, 2.75) is 25.4 Å². The number of fused-ring (bicyclic) bond motifs is 1. The Kier molecular flexibility index (Phi) is 7.77. The predicted molar refractivity (Wildman–Crippen MR) is 166 cm³/mol. The molecule has 0 spiro atoms. The molecule has 5 aromatic rings. The molecule has 0 amide bonds. The second-order valence-electron chi connectivity index (χ2n) is 10.2. The topological polar surface area (TPSA) is 110 Å². The molecule has 6 rings (SSSR count). The van der Waals surface area contributed by atoms with Gasteiger partial charge in [0.15, 0.2) is 5.82 Å². The first kappa shape index (κ1) is 26.3. The summed E-state index contributed by atoms with van der Waals surface area (Å²) in [6, 6.07) is 23.7. The van der Waals surface area contributed by atoms with E-state index in [9.17, 15) is 0 Å². The Labute approximate surface area is 239 Å². The number of nitrogens with zero attached hydrogens (tertiary/aromatic N) is 7. The van der Waals surface area contributed by atoms with E-state index in [-0.39, 0.29) is 0 Å². The van der Waals surface area contributed by atoms with E-state index in [1.807, 2.05) is 30.6 Å². The van der Waals surface area contributed by atoms with Crippen LogP contribution in [0.4, 0.5) is 5.82 Å². The van der Waals surface area contributed by atoms with Crippen LogP contribution in [0.2, 0.25) is 0 Å². The maximum Gasteiger partial charge on any atom is 0.155 e. The van der Waals surface area contributed by atoms with Crippen molar-refractivity contribution in [2.24, 2.45) is 15.8 Å². The van der Waals surface area contributed by atoms with Crippen molar-refractivity contribution in [3.05, 3.63) is 96.7 Å². The molecular weight excluding hydrogens is 510 g/mol. The number of imidazole rings is 1. The highest BCUT2D eigenvalue weighted by molar-refractivity contribution is 5.96. The van der Waals surface area contributed by atoms with Gasteiger partial charge in [0.25, 0.3) is 0 Å². The first-order valence-electron chi connectivity index (χ1n) is 13.8. The van der Waals surface area contributed by atoms with Crippen molar-refractivity contribution in [2.75, 3.05) is 25.6 Å². The van der Waals surface area contributed by atoms with E-state index in [1.165, 1.54) is 11.9 Å². The number of rotatable bonds is 8. The van der Waals surface area contributed by atoms with Gasteiger partial charge in [0, 0.05) is 67.8 Å². The Morgan fingerprint density at radius 2 is 1.80 bits per heavy atom. The van der Waals surface area contributed by atoms with Gasteiger partial charge >= 0.3 is 0 Å². The van der Waals surface area contributed by atoms with E-state index >= 15 is 0 Å². The summed E-state index contributed by atoms with van der Waals surface area (Å²) in [6.45, 7) is 3.05. The highest BCUT2D eigenvalue weighted by atomic mass is 15.3. The fourth-order valence-electron chi connectivity index (χ4n) is 5.49. The molecule has 0 radical (unpaired) electrons. The van der Waals surface area contributed by atoms with Gasteiger partial charge in [0.1, 0.15) is 6.34 Å². The van der Waals surface area contributed by atoms with Crippen molar-refractivity contribution >= 4 is 29.3 Å². The lowest BCUT2D eigenvalue weighted by Crippen LogP contribution is -2.33. The second-order valence-corrected chi connectivity index (χ2v) is 10.2. The number of hydrogen-bond donors (Lipinski definition) is 2. The summed E-state index contributed by atoms with van der Waals surface area (Å²) in [6.07, 6.45) is 11.0. The minimum absolute atomic E-state index is 0.489. The van der Waals surface area contributed by atoms with Crippen molar-refractivity contribution in [1.82, 2.24) is 24.4 Å². The Morgan fingerprint density at radius 1 is 1.00 bits per heavy atom. The van der Waals surface area contributed by atoms with Gasteiger partial charge in [-0.2, -0.15) is 5.10 Å². The molecule has 1 aliphatic heterocycles. The Balaban J connectivity index is 1.22. The fourth-order valence-corrected chi connectivity index (χ4v) is 5.49. The molecule has 0 bridgehead atoms. The zero-order valence-electron chi connectivity index (χ0n) is 23.1. The number of nitrogens with two attached hydrogens (primary N) is 1. The summed E-state index contributed by atoms with van der Waals surface area (Å²) in [5.41, 5.74) is 15.6. The van der Waals surface area contributed by atoms with E-state index in [2.05, 4.69) is 83.6 Å². The molecule has 0 atom stereocenters. The molecule has 1 fully saturated rings. The SMILES string of the molecule is CN=Cc1cn(C2CCN(Cc3ccc(-c4nc5ccnc(N/N=C/N)c5cc4-c4ccccc4)cc3)CC2)cn1. The van der Waals surface area contributed by atoms with Crippen LogP contribution in [0.1, 0.15) is 30.1 Å². The number of aromatic nitrogens is 4. The summed E-state index contributed by atoms with van der Waals surface area (Å²) in [7, 11) is 1.77. The Morgan fingerprint density at radius 3 is 2.56 bits per heavy atom. The Bertz CT molecular complexity index is 1670. The summed E-state index contributed by atoms with van der Waals surface area (Å²) >= 11 is 0. The second kappa shape index (κ2) is 12.1. The summed E-state index contributed by atoms with van der Waals surface area (Å²) in [4.78, 5) is 20.6. The number of hydrogen-bond acceptors (Lipinski definition) is 7. The first-order chi connectivity index (χ1) is 20.2. The molecule has 3 N–H and O–H groups in total. The molecule has 9 heteroatoms. The average molecular weight is 544 g/mol. The molecule has 3 aromatic heterocycles. The monoisotopic (exact) mass is 543 g/mol. The third kappa shape index (κ3) is 5.85. The van der Waals surface area contributed by atoms with Gasteiger partial charge < -0.3 is 10.3 Å². The van der Waals surface area contributed by atoms with Gasteiger partial charge in [-0.15, -0.1) is 0 Å². The van der Waals surface area contributed by atoms with Crippen LogP contribution in [0.5, 0.6) is 0 Å². The summed E-state index contributed by atoms with van der Waals surface area (Å²) in [5, 5.41) is 4.84. The number of aliphatic imine (C=N–C) groups is 1. The van der Waals surface area contributed by atoms with Crippen LogP contribution in [0.15, 0.2) is 95.5 Å². The van der Waals surface area contributed by atoms with E-state index in [4.69, 9.17) is 10.7 Å². The van der Waals surface area contributed by atoms with Gasteiger partial charge in [-0.25, -0.2) is 15.0 Å². The molecule has 4 heterocycles. The molecule has 2 aromatic carbocycles. The van der Waals surface area contributed by atoms with E-state index in [0.717, 1.165) is 71.5 Å². The number of pyridine rings is 2. The summed E-state index contributed by atoms with van der Waals surface area (Å²) in [5.74, 6) is 0.614. The smallest absolute Gasteiger partial charge is 0.155 e. The Hall–Kier alpha value is -4.89. The van der Waals surface area contributed by atoms with Crippen LogP contribution < -0.4 is 11.2 Å². The molecule has 1 saturated heterocycles. The molecule has 9 nitrogen and oxygen atoms in total. The average Bonchev–Trinajstić information content (AvgIpc) is 3.49. The highest BCUT2D eigenvalue weighted by Crippen LogP contribution is 2.35. The van der Waals surface area contributed by atoms with Crippen molar-refractivity contribution in [3.63, 3.8) is 0 Å². The zero-order valence-corrected chi connectivity index (χ0v) is 23.1. The van der Waals surface area contributed by atoms with Gasteiger partial charge in [-0.3, -0.25) is 15.3 Å². The predicted octanol–water partition coefficient (Wildman–Crippen LogP) is 5.36. The third-order valence-corrected chi connectivity index (χ3v) is 7.57. The van der Waals surface area contributed by atoms with Gasteiger partial charge in [0.2, 0.25) is 0 Å². The van der Waals surface area contributed by atoms with E-state index in [1.54, 1.807) is 19.5 Å². The summed E-state index contributed by atoms with van der Waals surface area (Å²) < 4.78 is 2.24. The van der Waals surface area contributed by atoms with Gasteiger partial charge in [-0.1, -0.05) is 54.6 Å². The lowest BCUT2D eigenvalue weighted by molar-refractivity contribution is 0.179. The van der Waals surface area contributed by atoms with Crippen LogP contribution in [-0.2, 0) is 6.54 Å². The number of hydrazone groups is 1. The molecule has 0 saturated carbocycles. The van der Waals surface area contributed by atoms with Crippen LogP contribution in [-0.4, -0.2) is 57.1 Å².